The summed E-state index contributed by atoms with van der Waals surface area (Å²) in [5.41, 5.74) is 0.882. The molecule has 0 saturated carbocycles. The van der Waals surface area contributed by atoms with Crippen molar-refractivity contribution in [1.29, 1.82) is 0 Å². The molecule has 0 fully saturated rings. The molecule has 1 N–H and O–H groups in total. The number of hydrogen-bond acceptors (Lipinski definition) is 3. The van der Waals surface area contributed by atoms with Gasteiger partial charge in [0.05, 0.1) is 0 Å². The molecule has 2 rings (SSSR count). The number of aliphatic hydroxyl groups excluding tert-OH is 1. The Balaban J connectivity index is 2.29. The van der Waals surface area contributed by atoms with Crippen molar-refractivity contribution in [3.8, 4) is 11.5 Å². The van der Waals surface area contributed by atoms with Crippen LogP contribution in [0.1, 0.15) is 12.0 Å². The van der Waals surface area contributed by atoms with E-state index in [-0.39, 0.29) is 19.1 Å². The van der Waals surface area contributed by atoms with Crippen molar-refractivity contribution in [2.45, 2.75) is 12.8 Å². The quantitative estimate of drug-likeness (QED) is 0.799. The number of rotatable bonds is 3. The number of hydrogen-bond donors (Lipinski definition) is 1. The number of benzene rings is 1. The van der Waals surface area contributed by atoms with Crippen LogP contribution in [0.4, 0.5) is 4.39 Å². The van der Waals surface area contributed by atoms with Gasteiger partial charge in [0.25, 0.3) is 0 Å². The second-order valence-electron chi connectivity index (χ2n) is 3.10. The summed E-state index contributed by atoms with van der Waals surface area (Å²) in [7, 11) is 0. The smallest absolute Gasteiger partial charge is 0.231 e. The Morgan fingerprint density at radius 3 is 2.86 bits per heavy atom. The molecule has 0 radical (unpaired) electrons. The zero-order valence-corrected chi connectivity index (χ0v) is 7.62. The van der Waals surface area contributed by atoms with E-state index in [1.165, 1.54) is 6.07 Å². The molecule has 1 aromatic rings. The molecule has 0 amide bonds. The Kier molecular flexibility index (Phi) is 2.54. The zero-order valence-electron chi connectivity index (χ0n) is 7.62. The van der Waals surface area contributed by atoms with E-state index in [2.05, 4.69) is 0 Å². The average molecular weight is 198 g/mol. The minimum absolute atomic E-state index is 0.0718. The van der Waals surface area contributed by atoms with Crippen LogP contribution in [-0.2, 0) is 6.42 Å². The first-order chi connectivity index (χ1) is 6.83. The molecule has 14 heavy (non-hydrogen) atoms. The van der Waals surface area contributed by atoms with Crippen LogP contribution in [0.2, 0.25) is 0 Å². The summed E-state index contributed by atoms with van der Waals surface area (Å²) in [6, 6.07) is 3.03. The van der Waals surface area contributed by atoms with E-state index in [0.29, 0.717) is 18.6 Å². The molecular formula is C10H11FO3. The number of ether oxygens (including phenoxy) is 2. The summed E-state index contributed by atoms with van der Waals surface area (Å²) in [5.74, 6) is 0.282. The molecule has 1 aromatic carbocycles. The Morgan fingerprint density at radius 2 is 2.07 bits per heavy atom. The molecule has 4 heteroatoms. The van der Waals surface area contributed by atoms with Crippen LogP contribution in [0.5, 0.6) is 11.5 Å². The molecule has 76 valence electrons. The van der Waals surface area contributed by atoms with E-state index in [1.54, 1.807) is 6.07 Å². The van der Waals surface area contributed by atoms with Crippen LogP contribution in [0.25, 0.3) is 0 Å². The second-order valence-corrected chi connectivity index (χ2v) is 3.10. The molecule has 0 atom stereocenters. The zero-order chi connectivity index (χ0) is 9.97. The predicted octanol–water partition coefficient (Wildman–Crippen LogP) is 1.48. The number of aliphatic hydroxyl groups is 1. The van der Waals surface area contributed by atoms with Gasteiger partial charge in [0, 0.05) is 6.61 Å². The van der Waals surface area contributed by atoms with Gasteiger partial charge in [0.1, 0.15) is 0 Å². The highest BCUT2D eigenvalue weighted by Gasteiger charge is 2.21. The minimum atomic E-state index is -0.398. The van der Waals surface area contributed by atoms with Crippen LogP contribution < -0.4 is 9.47 Å². The van der Waals surface area contributed by atoms with Crippen molar-refractivity contribution in [2.24, 2.45) is 0 Å². The SMILES string of the molecule is OCCCc1ccc(F)c2c1OCO2. The van der Waals surface area contributed by atoms with Crippen molar-refractivity contribution in [3.63, 3.8) is 0 Å². The molecule has 1 aliphatic rings. The molecule has 0 aliphatic carbocycles. The third kappa shape index (κ3) is 1.53. The van der Waals surface area contributed by atoms with Gasteiger partial charge in [-0.2, -0.15) is 0 Å². The first-order valence-electron chi connectivity index (χ1n) is 4.51. The maximum absolute atomic E-state index is 13.1. The molecule has 1 aliphatic heterocycles. The van der Waals surface area contributed by atoms with Gasteiger partial charge in [-0.25, -0.2) is 4.39 Å². The topological polar surface area (TPSA) is 38.7 Å². The summed E-state index contributed by atoms with van der Waals surface area (Å²) >= 11 is 0. The Labute approximate surface area is 81.1 Å². The molecule has 0 aromatic heterocycles. The van der Waals surface area contributed by atoms with Gasteiger partial charge in [-0.3, -0.25) is 0 Å². The molecule has 1 heterocycles. The van der Waals surface area contributed by atoms with Crippen molar-refractivity contribution in [3.05, 3.63) is 23.5 Å². The van der Waals surface area contributed by atoms with Crippen LogP contribution in [0.3, 0.4) is 0 Å². The van der Waals surface area contributed by atoms with Crippen LogP contribution in [0, 0.1) is 5.82 Å². The summed E-state index contributed by atoms with van der Waals surface area (Å²) in [4.78, 5) is 0. The first kappa shape index (κ1) is 9.27. The van der Waals surface area contributed by atoms with E-state index >= 15 is 0 Å². The standard InChI is InChI=1S/C10H11FO3/c11-8-4-3-7(2-1-5-12)9-10(8)14-6-13-9/h3-4,12H,1-2,5-6H2. The maximum Gasteiger partial charge on any atom is 0.231 e. The van der Waals surface area contributed by atoms with Gasteiger partial charge >= 0.3 is 0 Å². The largest absolute Gasteiger partial charge is 0.453 e. The molecule has 0 bridgehead atoms. The van der Waals surface area contributed by atoms with Gasteiger partial charge in [-0.15, -0.1) is 0 Å². The lowest BCUT2D eigenvalue weighted by Gasteiger charge is -2.04. The molecule has 0 unspecified atom stereocenters. The average Bonchev–Trinajstić information content (AvgIpc) is 2.66. The maximum atomic E-state index is 13.1. The third-order valence-electron chi connectivity index (χ3n) is 2.16. The highest BCUT2D eigenvalue weighted by atomic mass is 19.1. The van der Waals surface area contributed by atoms with Gasteiger partial charge in [-0.1, -0.05) is 6.07 Å². The van der Waals surface area contributed by atoms with E-state index < -0.39 is 5.82 Å². The summed E-state index contributed by atoms with van der Waals surface area (Å²) in [5, 5.41) is 8.68. The van der Waals surface area contributed by atoms with Gasteiger partial charge < -0.3 is 14.6 Å². The first-order valence-corrected chi connectivity index (χ1v) is 4.51. The Hall–Kier alpha value is -1.29. The fraction of sp³-hybridized carbons (Fsp3) is 0.400. The second kappa shape index (κ2) is 3.84. The fourth-order valence-electron chi connectivity index (χ4n) is 1.49. The fourth-order valence-corrected chi connectivity index (χ4v) is 1.49. The van der Waals surface area contributed by atoms with Crippen molar-refractivity contribution in [1.82, 2.24) is 0 Å². The van der Waals surface area contributed by atoms with Crippen LogP contribution in [-0.4, -0.2) is 18.5 Å². The summed E-state index contributed by atoms with van der Waals surface area (Å²) in [6.07, 6.45) is 1.31. The number of aryl methyl sites for hydroxylation is 1. The van der Waals surface area contributed by atoms with Crippen molar-refractivity contribution >= 4 is 0 Å². The normalized spacial score (nSPS) is 13.3. The lowest BCUT2D eigenvalue weighted by atomic mass is 10.1. The summed E-state index contributed by atoms with van der Waals surface area (Å²) < 4.78 is 23.3. The molecule has 0 saturated heterocycles. The monoisotopic (exact) mass is 198 g/mol. The van der Waals surface area contributed by atoms with E-state index in [1.807, 2.05) is 0 Å². The van der Waals surface area contributed by atoms with Gasteiger partial charge in [0.2, 0.25) is 12.5 Å². The number of halogens is 1. The van der Waals surface area contributed by atoms with Crippen molar-refractivity contribution < 1.29 is 19.0 Å². The minimum Gasteiger partial charge on any atom is -0.453 e. The van der Waals surface area contributed by atoms with Gasteiger partial charge in [-0.05, 0) is 24.5 Å². The van der Waals surface area contributed by atoms with Crippen LogP contribution in [0.15, 0.2) is 12.1 Å². The van der Waals surface area contributed by atoms with Crippen LogP contribution >= 0.6 is 0 Å². The Morgan fingerprint density at radius 1 is 1.29 bits per heavy atom. The highest BCUT2D eigenvalue weighted by molar-refractivity contribution is 5.49. The molecule has 0 spiro atoms. The predicted molar refractivity (Wildman–Crippen MR) is 47.9 cm³/mol. The van der Waals surface area contributed by atoms with Crippen molar-refractivity contribution in [2.75, 3.05) is 13.4 Å². The summed E-state index contributed by atoms with van der Waals surface area (Å²) in [6.45, 7) is 0.190. The Bertz CT molecular complexity index is 338. The van der Waals surface area contributed by atoms with Gasteiger partial charge in [0.15, 0.2) is 11.6 Å². The number of fused-ring (bicyclic) bond motifs is 1. The van der Waals surface area contributed by atoms with E-state index in [0.717, 1.165) is 5.56 Å². The van der Waals surface area contributed by atoms with E-state index in [9.17, 15) is 4.39 Å². The molecule has 3 nitrogen and oxygen atoms in total. The highest BCUT2D eigenvalue weighted by Crippen LogP contribution is 2.38. The third-order valence-corrected chi connectivity index (χ3v) is 2.16. The molecular weight excluding hydrogens is 187 g/mol. The van der Waals surface area contributed by atoms with E-state index in [4.69, 9.17) is 14.6 Å². The lowest BCUT2D eigenvalue weighted by Crippen LogP contribution is -1.95. The lowest BCUT2D eigenvalue weighted by molar-refractivity contribution is 0.170.